The van der Waals surface area contributed by atoms with Crippen LogP contribution in [0.25, 0.3) is 10.1 Å². The average Bonchev–Trinajstić information content (AvgIpc) is 2.47. The third-order valence-electron chi connectivity index (χ3n) is 1.83. The minimum absolute atomic E-state index is 0.156. The van der Waals surface area contributed by atoms with Gasteiger partial charge in [0.25, 0.3) is 0 Å². The predicted molar refractivity (Wildman–Crippen MR) is 55.1 cm³/mol. The minimum atomic E-state index is 0.156. The Morgan fingerprint density at radius 3 is 2.92 bits per heavy atom. The Balaban J connectivity index is 2.78. The average molecular weight is 215 g/mol. The summed E-state index contributed by atoms with van der Waals surface area (Å²) >= 11 is 7.25. The molecule has 1 aromatic carbocycles. The van der Waals surface area contributed by atoms with Gasteiger partial charge in [0.15, 0.2) is 11.5 Å². The Labute approximate surface area is 84.3 Å². The Morgan fingerprint density at radius 2 is 2.23 bits per heavy atom. The van der Waals surface area contributed by atoms with Crippen molar-refractivity contribution in [1.82, 2.24) is 0 Å². The maximum Gasteiger partial charge on any atom is 0.166 e. The zero-order valence-electron chi connectivity index (χ0n) is 6.87. The Morgan fingerprint density at radius 1 is 1.46 bits per heavy atom. The minimum Gasteiger partial charge on any atom is -0.504 e. The number of benzene rings is 1. The molecule has 0 aliphatic carbocycles. The molecule has 0 radical (unpaired) electrons. The standard InChI is InChI=1S/C9H7ClO2S/c1-12-6-2-3-7-5(9(6)11)4-8(10)13-7/h2-4,11H,1H3. The number of hydrogen-bond donors (Lipinski definition) is 1. The normalized spacial score (nSPS) is 10.6. The van der Waals surface area contributed by atoms with E-state index in [1.165, 1.54) is 18.4 Å². The van der Waals surface area contributed by atoms with Crippen LogP contribution in [0.15, 0.2) is 18.2 Å². The van der Waals surface area contributed by atoms with Gasteiger partial charge in [-0.1, -0.05) is 11.6 Å². The van der Waals surface area contributed by atoms with Gasteiger partial charge in [0.1, 0.15) is 0 Å². The second-order valence-corrected chi connectivity index (χ2v) is 4.29. The van der Waals surface area contributed by atoms with Gasteiger partial charge < -0.3 is 9.84 Å². The van der Waals surface area contributed by atoms with Crippen LogP contribution in [0.2, 0.25) is 4.34 Å². The summed E-state index contributed by atoms with van der Waals surface area (Å²) in [5, 5.41) is 10.4. The SMILES string of the molecule is COc1ccc2sc(Cl)cc2c1O. The molecule has 1 heterocycles. The maximum atomic E-state index is 9.69. The summed E-state index contributed by atoms with van der Waals surface area (Å²) in [5.41, 5.74) is 0. The number of ether oxygens (including phenoxy) is 1. The van der Waals surface area contributed by atoms with E-state index < -0.39 is 0 Å². The first-order chi connectivity index (χ1) is 6.22. The molecular formula is C9H7ClO2S. The number of fused-ring (bicyclic) bond motifs is 1. The van der Waals surface area contributed by atoms with Gasteiger partial charge in [0.05, 0.1) is 11.4 Å². The lowest BCUT2D eigenvalue weighted by molar-refractivity contribution is 0.376. The molecule has 2 aromatic rings. The van der Waals surface area contributed by atoms with E-state index >= 15 is 0 Å². The second-order valence-electron chi connectivity index (χ2n) is 2.58. The van der Waals surface area contributed by atoms with Crippen molar-refractivity contribution in [2.75, 3.05) is 7.11 Å². The number of rotatable bonds is 1. The summed E-state index contributed by atoms with van der Waals surface area (Å²) in [6, 6.07) is 5.34. The molecule has 68 valence electrons. The fraction of sp³-hybridized carbons (Fsp3) is 0.111. The molecular weight excluding hydrogens is 208 g/mol. The highest BCUT2D eigenvalue weighted by Gasteiger charge is 2.08. The van der Waals surface area contributed by atoms with Crippen LogP contribution in [0, 0.1) is 0 Å². The Bertz CT molecular complexity index is 450. The first-order valence-electron chi connectivity index (χ1n) is 3.67. The van der Waals surface area contributed by atoms with Crippen molar-refractivity contribution >= 4 is 33.0 Å². The number of halogens is 1. The van der Waals surface area contributed by atoms with Crippen molar-refractivity contribution in [2.45, 2.75) is 0 Å². The molecule has 0 aliphatic heterocycles. The zero-order valence-corrected chi connectivity index (χ0v) is 8.45. The highest BCUT2D eigenvalue weighted by Crippen LogP contribution is 2.39. The van der Waals surface area contributed by atoms with Crippen LogP contribution in [0.5, 0.6) is 11.5 Å². The van der Waals surface area contributed by atoms with Gasteiger partial charge in [-0.05, 0) is 18.2 Å². The third kappa shape index (κ3) is 1.34. The van der Waals surface area contributed by atoms with E-state index in [1.54, 1.807) is 12.1 Å². The van der Waals surface area contributed by atoms with Gasteiger partial charge in [0, 0.05) is 10.1 Å². The van der Waals surface area contributed by atoms with Crippen molar-refractivity contribution < 1.29 is 9.84 Å². The molecule has 0 atom stereocenters. The van der Waals surface area contributed by atoms with E-state index in [0.29, 0.717) is 10.1 Å². The number of hydrogen-bond acceptors (Lipinski definition) is 3. The monoisotopic (exact) mass is 214 g/mol. The van der Waals surface area contributed by atoms with Crippen molar-refractivity contribution in [1.29, 1.82) is 0 Å². The Kier molecular flexibility index (Phi) is 2.06. The summed E-state index contributed by atoms with van der Waals surface area (Å²) < 4.78 is 6.60. The lowest BCUT2D eigenvalue weighted by Crippen LogP contribution is -1.82. The second kappa shape index (κ2) is 3.09. The van der Waals surface area contributed by atoms with E-state index in [-0.39, 0.29) is 5.75 Å². The van der Waals surface area contributed by atoms with Gasteiger partial charge in [-0.3, -0.25) is 0 Å². The van der Waals surface area contributed by atoms with Crippen LogP contribution in [0.1, 0.15) is 0 Å². The van der Waals surface area contributed by atoms with Crippen molar-refractivity contribution in [3.63, 3.8) is 0 Å². The lowest BCUT2D eigenvalue weighted by Gasteiger charge is -2.02. The smallest absolute Gasteiger partial charge is 0.166 e. The molecule has 0 fully saturated rings. The fourth-order valence-electron chi connectivity index (χ4n) is 1.21. The van der Waals surface area contributed by atoms with Gasteiger partial charge in [-0.2, -0.15) is 0 Å². The van der Waals surface area contributed by atoms with Crippen LogP contribution < -0.4 is 4.74 Å². The molecule has 0 amide bonds. The van der Waals surface area contributed by atoms with Crippen LogP contribution in [0.4, 0.5) is 0 Å². The molecule has 2 nitrogen and oxygen atoms in total. The third-order valence-corrected chi connectivity index (χ3v) is 3.05. The van der Waals surface area contributed by atoms with Crippen molar-refractivity contribution in [2.24, 2.45) is 0 Å². The van der Waals surface area contributed by atoms with E-state index in [4.69, 9.17) is 16.3 Å². The number of phenolic OH excluding ortho intramolecular Hbond substituents is 1. The van der Waals surface area contributed by atoms with Crippen LogP contribution in [-0.2, 0) is 0 Å². The van der Waals surface area contributed by atoms with Crippen molar-refractivity contribution in [3.05, 3.63) is 22.5 Å². The van der Waals surface area contributed by atoms with Gasteiger partial charge in [0.2, 0.25) is 0 Å². The molecule has 0 aliphatic rings. The summed E-state index contributed by atoms with van der Waals surface area (Å²) in [4.78, 5) is 0. The Hall–Kier alpha value is -0.930. The van der Waals surface area contributed by atoms with Crippen molar-refractivity contribution in [3.8, 4) is 11.5 Å². The van der Waals surface area contributed by atoms with E-state index in [0.717, 1.165) is 10.1 Å². The van der Waals surface area contributed by atoms with E-state index in [1.807, 2.05) is 6.07 Å². The summed E-state index contributed by atoms with van der Waals surface area (Å²) in [6.45, 7) is 0. The number of methoxy groups -OCH3 is 1. The molecule has 0 saturated carbocycles. The first-order valence-corrected chi connectivity index (χ1v) is 4.87. The molecule has 0 bridgehead atoms. The largest absolute Gasteiger partial charge is 0.504 e. The van der Waals surface area contributed by atoms with Crippen LogP contribution >= 0.6 is 22.9 Å². The summed E-state index contributed by atoms with van der Waals surface area (Å²) in [6.07, 6.45) is 0. The molecule has 0 spiro atoms. The van der Waals surface area contributed by atoms with Gasteiger partial charge in [-0.15, -0.1) is 11.3 Å². The molecule has 4 heteroatoms. The van der Waals surface area contributed by atoms with Gasteiger partial charge >= 0.3 is 0 Å². The molecule has 2 rings (SSSR count). The highest BCUT2D eigenvalue weighted by atomic mass is 35.5. The fourth-order valence-corrected chi connectivity index (χ4v) is 2.36. The van der Waals surface area contributed by atoms with E-state index in [9.17, 15) is 5.11 Å². The summed E-state index contributed by atoms with van der Waals surface area (Å²) in [5.74, 6) is 0.630. The molecule has 0 saturated heterocycles. The molecule has 0 unspecified atom stereocenters. The number of thiophene rings is 1. The first kappa shape index (κ1) is 8.66. The van der Waals surface area contributed by atoms with Gasteiger partial charge in [-0.25, -0.2) is 0 Å². The zero-order chi connectivity index (χ0) is 9.42. The predicted octanol–water partition coefficient (Wildman–Crippen LogP) is 3.27. The molecule has 1 aromatic heterocycles. The quantitative estimate of drug-likeness (QED) is 0.790. The summed E-state index contributed by atoms with van der Waals surface area (Å²) in [7, 11) is 1.52. The lowest BCUT2D eigenvalue weighted by atomic mass is 10.2. The number of phenols is 1. The van der Waals surface area contributed by atoms with Crippen LogP contribution in [-0.4, -0.2) is 12.2 Å². The van der Waals surface area contributed by atoms with Crippen LogP contribution in [0.3, 0.4) is 0 Å². The molecule has 1 N–H and O–H groups in total. The maximum absolute atomic E-state index is 9.69. The molecule has 13 heavy (non-hydrogen) atoms. The highest BCUT2D eigenvalue weighted by molar-refractivity contribution is 7.22. The number of aromatic hydroxyl groups is 1. The topological polar surface area (TPSA) is 29.5 Å². The van der Waals surface area contributed by atoms with E-state index in [2.05, 4.69) is 0 Å².